The van der Waals surface area contributed by atoms with Gasteiger partial charge in [-0.05, 0) is 19.2 Å². The smallest absolute Gasteiger partial charge is 0.368 e. The van der Waals surface area contributed by atoms with Crippen LogP contribution in [0.25, 0.3) is 10.9 Å². The van der Waals surface area contributed by atoms with Crippen molar-refractivity contribution in [1.82, 2.24) is 15.3 Å². The minimum atomic E-state index is -4.39. The zero-order valence-corrected chi connectivity index (χ0v) is 9.54. The average molecular weight is 256 g/mol. The van der Waals surface area contributed by atoms with Crippen LogP contribution in [0, 0.1) is 0 Å². The van der Waals surface area contributed by atoms with E-state index in [0.29, 0.717) is 17.6 Å². The van der Waals surface area contributed by atoms with E-state index in [2.05, 4.69) is 15.3 Å². The Bertz CT molecular complexity index is 580. The van der Waals surface area contributed by atoms with Crippen LogP contribution in [0.5, 0.6) is 0 Å². The first-order chi connectivity index (χ1) is 8.41. The summed E-state index contributed by atoms with van der Waals surface area (Å²) in [6, 6.07) is 3.36. The van der Waals surface area contributed by atoms with Gasteiger partial charge in [-0.15, -0.1) is 0 Å². The van der Waals surface area contributed by atoms with Gasteiger partial charge < -0.3 is 11.1 Å². The molecule has 0 saturated heterocycles. The minimum Gasteiger partial charge on any atom is -0.368 e. The molecule has 1 aromatic carbocycles. The summed E-state index contributed by atoms with van der Waals surface area (Å²) in [7, 11) is 1.72. The lowest BCUT2D eigenvalue weighted by molar-refractivity contribution is -0.137. The Morgan fingerprint density at radius 1 is 1.28 bits per heavy atom. The number of halogens is 3. The molecule has 1 aromatic heterocycles. The second kappa shape index (κ2) is 4.41. The molecule has 0 amide bonds. The van der Waals surface area contributed by atoms with Gasteiger partial charge in [-0.1, -0.05) is 6.07 Å². The lowest BCUT2D eigenvalue weighted by Crippen LogP contribution is -2.11. The molecule has 1 heterocycles. The van der Waals surface area contributed by atoms with Gasteiger partial charge in [0, 0.05) is 11.9 Å². The summed E-state index contributed by atoms with van der Waals surface area (Å²) in [5.74, 6) is -0.0351. The van der Waals surface area contributed by atoms with Crippen LogP contribution in [0.2, 0.25) is 0 Å². The van der Waals surface area contributed by atoms with Gasteiger partial charge in [0.05, 0.1) is 16.8 Å². The number of rotatable bonds is 2. The maximum absolute atomic E-state index is 12.6. The first-order valence-corrected chi connectivity index (χ1v) is 5.20. The number of hydrogen-bond donors (Lipinski definition) is 2. The lowest BCUT2D eigenvalue weighted by Gasteiger charge is -2.10. The third kappa shape index (κ3) is 2.35. The van der Waals surface area contributed by atoms with Crippen molar-refractivity contribution in [3.8, 4) is 0 Å². The first kappa shape index (κ1) is 12.6. The molecule has 0 bridgehead atoms. The molecule has 4 nitrogen and oxygen atoms in total. The fourth-order valence-electron chi connectivity index (χ4n) is 1.69. The summed E-state index contributed by atoms with van der Waals surface area (Å²) < 4.78 is 37.7. The van der Waals surface area contributed by atoms with Crippen LogP contribution in [0.1, 0.15) is 11.3 Å². The van der Waals surface area contributed by atoms with E-state index in [-0.39, 0.29) is 11.5 Å². The van der Waals surface area contributed by atoms with Gasteiger partial charge >= 0.3 is 6.18 Å². The van der Waals surface area contributed by atoms with E-state index in [1.54, 1.807) is 7.05 Å². The molecule has 0 unspecified atom stereocenters. The summed E-state index contributed by atoms with van der Waals surface area (Å²) >= 11 is 0. The van der Waals surface area contributed by atoms with Gasteiger partial charge in [-0.2, -0.15) is 13.2 Å². The molecule has 2 rings (SSSR count). The second-order valence-corrected chi connectivity index (χ2v) is 3.79. The van der Waals surface area contributed by atoms with Gasteiger partial charge in [0.1, 0.15) is 0 Å². The van der Waals surface area contributed by atoms with Gasteiger partial charge in [0.2, 0.25) is 5.95 Å². The standard InChI is InChI=1S/C11H11F3N4/c1-16-5-9-7-3-2-6(11(12,13)14)4-8(7)17-10(15)18-9/h2-4,16H,5H2,1H3,(H2,15,17,18). The van der Waals surface area contributed by atoms with Crippen molar-refractivity contribution in [3.05, 3.63) is 29.5 Å². The monoisotopic (exact) mass is 256 g/mol. The van der Waals surface area contributed by atoms with E-state index in [9.17, 15) is 13.2 Å². The first-order valence-electron chi connectivity index (χ1n) is 5.20. The van der Waals surface area contributed by atoms with Gasteiger partial charge in [0.25, 0.3) is 0 Å². The molecule has 0 aliphatic heterocycles. The zero-order valence-electron chi connectivity index (χ0n) is 9.54. The van der Waals surface area contributed by atoms with E-state index in [4.69, 9.17) is 5.73 Å². The number of anilines is 1. The molecule has 0 aliphatic rings. The van der Waals surface area contributed by atoms with Crippen LogP contribution in [-0.4, -0.2) is 17.0 Å². The van der Waals surface area contributed by atoms with Crippen molar-refractivity contribution in [1.29, 1.82) is 0 Å². The molecule has 2 aromatic rings. The van der Waals surface area contributed by atoms with Crippen molar-refractivity contribution in [2.75, 3.05) is 12.8 Å². The van der Waals surface area contributed by atoms with Gasteiger partial charge in [-0.25, -0.2) is 9.97 Å². The van der Waals surface area contributed by atoms with Crippen LogP contribution in [-0.2, 0) is 12.7 Å². The predicted octanol–water partition coefficient (Wildman–Crippen LogP) is 1.95. The molecule has 18 heavy (non-hydrogen) atoms. The number of fused-ring (bicyclic) bond motifs is 1. The maximum Gasteiger partial charge on any atom is 0.416 e. The van der Waals surface area contributed by atoms with Crippen LogP contribution in [0.3, 0.4) is 0 Å². The molecule has 0 spiro atoms. The van der Waals surface area contributed by atoms with Crippen molar-refractivity contribution >= 4 is 16.9 Å². The highest BCUT2D eigenvalue weighted by molar-refractivity contribution is 5.82. The van der Waals surface area contributed by atoms with E-state index < -0.39 is 11.7 Å². The van der Waals surface area contributed by atoms with E-state index >= 15 is 0 Å². The number of nitrogens with zero attached hydrogens (tertiary/aromatic N) is 2. The maximum atomic E-state index is 12.6. The van der Waals surface area contributed by atoms with Gasteiger partial charge in [-0.3, -0.25) is 0 Å². The molecular weight excluding hydrogens is 245 g/mol. The summed E-state index contributed by atoms with van der Waals surface area (Å²) in [4.78, 5) is 7.84. The van der Waals surface area contributed by atoms with Crippen LogP contribution < -0.4 is 11.1 Å². The molecule has 96 valence electrons. The second-order valence-electron chi connectivity index (χ2n) is 3.79. The number of nitrogen functional groups attached to an aromatic ring is 1. The molecule has 0 aliphatic carbocycles. The van der Waals surface area contributed by atoms with Crippen LogP contribution >= 0.6 is 0 Å². The fourth-order valence-corrected chi connectivity index (χ4v) is 1.69. The summed E-state index contributed by atoms with van der Waals surface area (Å²) in [6.45, 7) is 0.411. The van der Waals surface area contributed by atoms with Gasteiger partial charge in [0.15, 0.2) is 0 Å². The molecule has 0 atom stereocenters. The van der Waals surface area contributed by atoms with E-state index in [1.807, 2.05) is 0 Å². The third-order valence-corrected chi connectivity index (χ3v) is 2.46. The largest absolute Gasteiger partial charge is 0.416 e. The fraction of sp³-hybridized carbons (Fsp3) is 0.273. The molecule has 0 saturated carbocycles. The van der Waals surface area contributed by atoms with Crippen LogP contribution in [0.15, 0.2) is 18.2 Å². The number of nitrogens with one attached hydrogen (secondary N) is 1. The zero-order chi connectivity index (χ0) is 13.3. The number of hydrogen-bond acceptors (Lipinski definition) is 4. The highest BCUT2D eigenvalue weighted by Crippen LogP contribution is 2.31. The number of alkyl halides is 3. The molecule has 0 fully saturated rings. The van der Waals surface area contributed by atoms with Crippen molar-refractivity contribution in [2.45, 2.75) is 12.7 Å². The number of benzene rings is 1. The molecular formula is C11H11F3N4. The Labute approximate surface area is 101 Å². The normalized spacial score (nSPS) is 12.0. The SMILES string of the molecule is CNCc1nc(N)nc2cc(C(F)(F)F)ccc12. The summed E-state index contributed by atoms with van der Waals surface area (Å²) in [5, 5.41) is 3.44. The lowest BCUT2D eigenvalue weighted by atomic mass is 10.1. The number of aromatic nitrogens is 2. The molecule has 0 radical (unpaired) electrons. The van der Waals surface area contributed by atoms with Crippen molar-refractivity contribution in [2.24, 2.45) is 0 Å². The van der Waals surface area contributed by atoms with Crippen molar-refractivity contribution in [3.63, 3.8) is 0 Å². The Kier molecular flexibility index (Phi) is 3.08. The predicted molar refractivity (Wildman–Crippen MR) is 61.7 cm³/mol. The van der Waals surface area contributed by atoms with Crippen molar-refractivity contribution < 1.29 is 13.2 Å². The average Bonchev–Trinajstić information content (AvgIpc) is 2.27. The third-order valence-electron chi connectivity index (χ3n) is 2.46. The summed E-state index contributed by atoms with van der Waals surface area (Å²) in [6.07, 6.45) is -4.39. The quantitative estimate of drug-likeness (QED) is 0.862. The Morgan fingerprint density at radius 3 is 2.61 bits per heavy atom. The Morgan fingerprint density at radius 2 is 2.00 bits per heavy atom. The highest BCUT2D eigenvalue weighted by atomic mass is 19.4. The Hall–Kier alpha value is -1.89. The molecule has 7 heteroatoms. The molecule has 3 N–H and O–H groups in total. The number of nitrogens with two attached hydrogens (primary N) is 1. The minimum absolute atomic E-state index is 0.0351. The van der Waals surface area contributed by atoms with E-state index in [0.717, 1.165) is 12.1 Å². The summed E-state index contributed by atoms with van der Waals surface area (Å²) in [5.41, 5.74) is 5.51. The van der Waals surface area contributed by atoms with Crippen LogP contribution in [0.4, 0.5) is 19.1 Å². The van der Waals surface area contributed by atoms with E-state index in [1.165, 1.54) is 6.07 Å². The topological polar surface area (TPSA) is 63.8 Å². The highest BCUT2D eigenvalue weighted by Gasteiger charge is 2.30. The Balaban J connectivity index is 2.64.